The summed E-state index contributed by atoms with van der Waals surface area (Å²) in [4.78, 5) is 4.78. The van der Waals surface area contributed by atoms with Crippen LogP contribution in [0.1, 0.15) is 37.8 Å². The number of aromatic nitrogens is 4. The first-order valence-electron chi connectivity index (χ1n) is 6.66. The van der Waals surface area contributed by atoms with Gasteiger partial charge in [0.05, 0.1) is 5.69 Å². The molecule has 0 spiro atoms. The summed E-state index contributed by atoms with van der Waals surface area (Å²) in [6, 6.07) is 0.591. The third-order valence-corrected chi connectivity index (χ3v) is 4.05. The van der Waals surface area contributed by atoms with Gasteiger partial charge < -0.3 is 4.57 Å². The largest absolute Gasteiger partial charge is 0.309 e. The Morgan fingerprint density at radius 2 is 2.17 bits per heavy atom. The molecule has 2 aromatic heterocycles. The second-order valence-corrected chi connectivity index (χ2v) is 5.59. The molecule has 0 saturated heterocycles. The van der Waals surface area contributed by atoms with Crippen molar-refractivity contribution in [1.29, 1.82) is 0 Å². The summed E-state index contributed by atoms with van der Waals surface area (Å²) in [7, 11) is 2.01. The summed E-state index contributed by atoms with van der Waals surface area (Å²) in [5, 5.41) is 4.57. The summed E-state index contributed by atoms with van der Waals surface area (Å²) in [5.41, 5.74) is 3.33. The fraction of sp³-hybridized carbons (Fsp3) is 0.692. The van der Waals surface area contributed by atoms with E-state index in [-0.39, 0.29) is 0 Å². The molecule has 2 atom stereocenters. The van der Waals surface area contributed by atoms with Gasteiger partial charge in [-0.15, -0.1) is 11.6 Å². The van der Waals surface area contributed by atoms with E-state index in [0.29, 0.717) is 11.9 Å². The van der Waals surface area contributed by atoms with Crippen LogP contribution in [0.25, 0.3) is 11.2 Å². The van der Waals surface area contributed by atoms with Gasteiger partial charge in [-0.3, -0.25) is 4.68 Å². The summed E-state index contributed by atoms with van der Waals surface area (Å²) >= 11 is 5.90. The summed E-state index contributed by atoms with van der Waals surface area (Å²) in [6.45, 7) is 4.42. The maximum Gasteiger partial charge on any atom is 0.158 e. The minimum Gasteiger partial charge on any atom is -0.309 e. The molecular formula is C13H19ClN4. The molecule has 1 saturated carbocycles. The molecule has 3 rings (SSSR count). The van der Waals surface area contributed by atoms with Gasteiger partial charge in [0.25, 0.3) is 0 Å². The summed E-state index contributed by atoms with van der Waals surface area (Å²) in [6.07, 6.45) is 3.00. The quantitative estimate of drug-likeness (QED) is 0.798. The second kappa shape index (κ2) is 4.26. The Bertz CT molecular complexity index is 583. The zero-order valence-electron chi connectivity index (χ0n) is 11.1. The van der Waals surface area contributed by atoms with Gasteiger partial charge in [0, 0.05) is 25.4 Å². The van der Waals surface area contributed by atoms with E-state index in [1.807, 2.05) is 11.7 Å². The van der Waals surface area contributed by atoms with Gasteiger partial charge >= 0.3 is 0 Å². The molecular weight excluding hydrogens is 248 g/mol. The van der Waals surface area contributed by atoms with E-state index in [4.69, 9.17) is 16.6 Å². The number of aryl methyl sites for hydroxylation is 3. The van der Waals surface area contributed by atoms with Crippen molar-refractivity contribution in [1.82, 2.24) is 19.3 Å². The fourth-order valence-electron chi connectivity index (χ4n) is 2.76. The zero-order valence-corrected chi connectivity index (χ0v) is 11.9. The fourth-order valence-corrected chi connectivity index (χ4v) is 2.93. The van der Waals surface area contributed by atoms with Crippen molar-refractivity contribution in [2.45, 2.75) is 39.2 Å². The van der Waals surface area contributed by atoms with Crippen molar-refractivity contribution < 1.29 is 0 Å². The van der Waals surface area contributed by atoms with Crippen LogP contribution in [0.3, 0.4) is 0 Å². The van der Waals surface area contributed by atoms with E-state index in [1.54, 1.807) is 0 Å². The molecule has 5 heteroatoms. The van der Waals surface area contributed by atoms with E-state index >= 15 is 0 Å². The lowest BCUT2D eigenvalue weighted by molar-refractivity contribution is 0.632. The van der Waals surface area contributed by atoms with Crippen LogP contribution in [-0.2, 0) is 19.9 Å². The first kappa shape index (κ1) is 12.0. The van der Waals surface area contributed by atoms with E-state index in [0.717, 1.165) is 35.8 Å². The van der Waals surface area contributed by atoms with Gasteiger partial charge in [0.2, 0.25) is 0 Å². The molecule has 0 radical (unpaired) electrons. The van der Waals surface area contributed by atoms with Gasteiger partial charge in [-0.05, 0) is 18.8 Å². The van der Waals surface area contributed by atoms with E-state index in [9.17, 15) is 0 Å². The minimum absolute atomic E-state index is 0.591. The van der Waals surface area contributed by atoms with Gasteiger partial charge in [0.15, 0.2) is 5.65 Å². The van der Waals surface area contributed by atoms with E-state index in [2.05, 4.69) is 23.5 Å². The SMILES string of the molecule is CCc1nn(C)c2c1nc(CCCl)n2C1CC1C. The first-order valence-corrected chi connectivity index (χ1v) is 7.19. The Morgan fingerprint density at radius 1 is 1.44 bits per heavy atom. The van der Waals surface area contributed by atoms with Crippen molar-refractivity contribution in [3.05, 3.63) is 11.5 Å². The summed E-state index contributed by atoms with van der Waals surface area (Å²) in [5.74, 6) is 2.49. The Morgan fingerprint density at radius 3 is 2.72 bits per heavy atom. The van der Waals surface area contributed by atoms with Gasteiger partial charge in [-0.25, -0.2) is 4.98 Å². The molecule has 0 amide bonds. The number of halogens is 1. The third-order valence-electron chi connectivity index (χ3n) is 3.86. The van der Waals surface area contributed by atoms with Crippen LogP contribution in [0, 0.1) is 5.92 Å². The Hall–Kier alpha value is -1.03. The van der Waals surface area contributed by atoms with Crippen molar-refractivity contribution in [2.24, 2.45) is 13.0 Å². The number of fused-ring (bicyclic) bond motifs is 1. The highest BCUT2D eigenvalue weighted by molar-refractivity contribution is 6.17. The molecule has 0 N–H and O–H groups in total. The average molecular weight is 267 g/mol. The number of hydrogen-bond donors (Lipinski definition) is 0. The molecule has 0 aliphatic heterocycles. The maximum atomic E-state index is 5.90. The van der Waals surface area contributed by atoms with Crippen LogP contribution in [0.5, 0.6) is 0 Å². The molecule has 4 nitrogen and oxygen atoms in total. The number of alkyl halides is 1. The standard InChI is InChI=1S/C13H19ClN4/c1-4-9-12-13(17(3)16-9)18(10-7-8(10)2)11(15-12)5-6-14/h8,10H,4-7H2,1-3H3. The van der Waals surface area contributed by atoms with E-state index < -0.39 is 0 Å². The normalized spacial score (nSPS) is 22.9. The van der Waals surface area contributed by atoms with Crippen LogP contribution in [0.15, 0.2) is 0 Å². The molecule has 98 valence electrons. The highest BCUT2D eigenvalue weighted by atomic mass is 35.5. The Kier molecular flexibility index (Phi) is 2.85. The highest BCUT2D eigenvalue weighted by Crippen LogP contribution is 2.45. The minimum atomic E-state index is 0.591. The maximum absolute atomic E-state index is 5.90. The first-order chi connectivity index (χ1) is 8.67. The predicted octanol–water partition coefficient (Wildman–Crippen LogP) is 2.69. The molecule has 0 aromatic carbocycles. The average Bonchev–Trinajstić information content (AvgIpc) is 2.82. The topological polar surface area (TPSA) is 35.6 Å². The monoisotopic (exact) mass is 266 g/mol. The molecule has 1 aliphatic carbocycles. The number of imidazole rings is 1. The van der Waals surface area contributed by atoms with Crippen LogP contribution < -0.4 is 0 Å². The zero-order chi connectivity index (χ0) is 12.9. The molecule has 1 aliphatic rings. The lowest BCUT2D eigenvalue weighted by Gasteiger charge is -2.07. The number of rotatable bonds is 4. The van der Waals surface area contributed by atoms with Crippen LogP contribution in [-0.4, -0.2) is 25.2 Å². The number of hydrogen-bond acceptors (Lipinski definition) is 2. The molecule has 2 aromatic rings. The van der Waals surface area contributed by atoms with Gasteiger partial charge in [-0.1, -0.05) is 13.8 Å². The van der Waals surface area contributed by atoms with Gasteiger partial charge in [-0.2, -0.15) is 5.10 Å². The van der Waals surface area contributed by atoms with E-state index in [1.165, 1.54) is 12.1 Å². The Balaban J connectivity index is 2.21. The smallest absolute Gasteiger partial charge is 0.158 e. The Labute approximate surface area is 112 Å². The highest BCUT2D eigenvalue weighted by Gasteiger charge is 2.38. The van der Waals surface area contributed by atoms with Crippen LogP contribution in [0.2, 0.25) is 0 Å². The van der Waals surface area contributed by atoms with Crippen molar-refractivity contribution >= 4 is 22.8 Å². The number of nitrogens with zero attached hydrogens (tertiary/aromatic N) is 4. The predicted molar refractivity (Wildman–Crippen MR) is 73.1 cm³/mol. The van der Waals surface area contributed by atoms with Gasteiger partial charge in [0.1, 0.15) is 11.3 Å². The van der Waals surface area contributed by atoms with Crippen molar-refractivity contribution in [3.8, 4) is 0 Å². The summed E-state index contributed by atoms with van der Waals surface area (Å²) < 4.78 is 4.35. The van der Waals surface area contributed by atoms with Crippen molar-refractivity contribution in [3.63, 3.8) is 0 Å². The lowest BCUT2D eigenvalue weighted by atomic mass is 10.3. The lowest BCUT2D eigenvalue weighted by Crippen LogP contribution is -2.07. The molecule has 0 bridgehead atoms. The van der Waals surface area contributed by atoms with Crippen LogP contribution in [0.4, 0.5) is 0 Å². The molecule has 1 fully saturated rings. The van der Waals surface area contributed by atoms with Crippen molar-refractivity contribution in [2.75, 3.05) is 5.88 Å². The third kappa shape index (κ3) is 1.66. The molecule has 18 heavy (non-hydrogen) atoms. The molecule has 2 heterocycles. The second-order valence-electron chi connectivity index (χ2n) is 5.21. The molecule has 2 unspecified atom stereocenters. The van der Waals surface area contributed by atoms with Crippen LogP contribution >= 0.6 is 11.6 Å².